The van der Waals surface area contributed by atoms with Gasteiger partial charge in [-0.1, -0.05) is 0 Å². The second-order valence-corrected chi connectivity index (χ2v) is 3.72. The summed E-state index contributed by atoms with van der Waals surface area (Å²) in [5, 5.41) is 2.14. The van der Waals surface area contributed by atoms with Gasteiger partial charge in [0, 0.05) is 17.8 Å². The van der Waals surface area contributed by atoms with Gasteiger partial charge in [0.05, 0.1) is 0 Å². The largest absolute Gasteiger partial charge is 0.368 e. The highest BCUT2D eigenvalue weighted by Gasteiger charge is 2.19. The molecule has 0 fully saturated rings. The molecular weight excluding hydrogens is 264 g/mol. The number of aromatic nitrogens is 2. The monoisotopic (exact) mass is 272 g/mol. The zero-order chi connectivity index (χ0) is 14.2. The van der Waals surface area contributed by atoms with Gasteiger partial charge >= 0.3 is 0 Å². The van der Waals surface area contributed by atoms with E-state index >= 15 is 0 Å². The zero-order valence-electron chi connectivity index (χ0n) is 9.64. The Morgan fingerprint density at radius 3 is 2.11 bits per heavy atom. The Kier molecular flexibility index (Phi) is 3.24. The first-order chi connectivity index (χ1) is 8.88. The van der Waals surface area contributed by atoms with Crippen molar-refractivity contribution in [2.45, 2.75) is 6.92 Å². The van der Waals surface area contributed by atoms with Crippen molar-refractivity contribution >= 4 is 17.5 Å². The van der Waals surface area contributed by atoms with Crippen LogP contribution in [-0.4, -0.2) is 9.97 Å². The SMILES string of the molecule is Cc1cc(Nc2c(F)c(F)cc(F)c2F)nc(N)n1. The molecule has 0 saturated carbocycles. The van der Waals surface area contributed by atoms with Crippen LogP contribution in [0, 0.1) is 30.2 Å². The minimum atomic E-state index is -1.55. The van der Waals surface area contributed by atoms with Gasteiger partial charge < -0.3 is 11.1 Å². The molecule has 1 heterocycles. The second-order valence-electron chi connectivity index (χ2n) is 3.72. The lowest BCUT2D eigenvalue weighted by Crippen LogP contribution is -2.06. The van der Waals surface area contributed by atoms with Crippen molar-refractivity contribution in [3.05, 3.63) is 41.1 Å². The first kappa shape index (κ1) is 13.1. The van der Waals surface area contributed by atoms with Crippen LogP contribution in [0.5, 0.6) is 0 Å². The molecule has 3 N–H and O–H groups in total. The van der Waals surface area contributed by atoms with Crippen LogP contribution in [0.4, 0.5) is 35.0 Å². The predicted octanol–water partition coefficient (Wildman–Crippen LogP) is 2.67. The van der Waals surface area contributed by atoms with Crippen molar-refractivity contribution < 1.29 is 17.6 Å². The molecule has 0 amide bonds. The summed E-state index contributed by atoms with van der Waals surface area (Å²) in [5.74, 6) is -6.34. The molecule has 2 rings (SSSR count). The Hall–Kier alpha value is -2.38. The fraction of sp³-hybridized carbons (Fsp3) is 0.0909. The van der Waals surface area contributed by atoms with E-state index in [-0.39, 0.29) is 17.8 Å². The highest BCUT2D eigenvalue weighted by molar-refractivity contribution is 5.59. The quantitative estimate of drug-likeness (QED) is 0.651. The molecule has 0 saturated heterocycles. The van der Waals surface area contributed by atoms with Crippen LogP contribution in [0.2, 0.25) is 0 Å². The van der Waals surface area contributed by atoms with Gasteiger partial charge in [-0.15, -0.1) is 0 Å². The summed E-state index contributed by atoms with van der Waals surface area (Å²) in [6.45, 7) is 1.57. The smallest absolute Gasteiger partial charge is 0.222 e. The molecule has 8 heteroatoms. The number of hydrogen-bond donors (Lipinski definition) is 2. The van der Waals surface area contributed by atoms with Crippen LogP contribution >= 0.6 is 0 Å². The van der Waals surface area contributed by atoms with Crippen molar-refractivity contribution in [2.24, 2.45) is 0 Å². The van der Waals surface area contributed by atoms with E-state index in [1.165, 1.54) is 6.07 Å². The van der Waals surface area contributed by atoms with Gasteiger partial charge in [0.1, 0.15) is 11.5 Å². The first-order valence-corrected chi connectivity index (χ1v) is 5.09. The summed E-state index contributed by atoms with van der Waals surface area (Å²) >= 11 is 0. The Balaban J connectivity index is 2.49. The molecule has 19 heavy (non-hydrogen) atoms. The minimum Gasteiger partial charge on any atom is -0.368 e. The van der Waals surface area contributed by atoms with E-state index < -0.39 is 29.0 Å². The Labute approximate surface area is 105 Å². The molecule has 0 aliphatic carbocycles. The molecule has 1 aromatic heterocycles. The average molecular weight is 272 g/mol. The van der Waals surface area contributed by atoms with E-state index in [4.69, 9.17) is 5.73 Å². The van der Waals surface area contributed by atoms with Crippen molar-refractivity contribution in [2.75, 3.05) is 11.1 Å². The van der Waals surface area contributed by atoms with Gasteiger partial charge in [0.15, 0.2) is 23.3 Å². The number of aryl methyl sites for hydroxylation is 1. The minimum absolute atomic E-state index is 0.0761. The average Bonchev–Trinajstić information content (AvgIpc) is 2.31. The Morgan fingerprint density at radius 2 is 1.58 bits per heavy atom. The van der Waals surface area contributed by atoms with Gasteiger partial charge in [-0.25, -0.2) is 22.5 Å². The third kappa shape index (κ3) is 2.56. The van der Waals surface area contributed by atoms with E-state index in [0.717, 1.165) is 0 Å². The standard InChI is InChI=1S/C11H8F4N4/c1-4-2-7(19-11(16)17-4)18-10-8(14)5(12)3-6(13)9(10)15/h2-3H,1H3,(H3,16,17,18,19). The molecule has 2 aromatic rings. The van der Waals surface area contributed by atoms with E-state index in [2.05, 4.69) is 15.3 Å². The first-order valence-electron chi connectivity index (χ1n) is 5.09. The Bertz CT molecular complexity index is 599. The number of nitrogens with two attached hydrogens (primary N) is 1. The molecule has 0 bridgehead atoms. The maximum absolute atomic E-state index is 13.4. The van der Waals surface area contributed by atoms with Gasteiger partial charge in [0.2, 0.25) is 5.95 Å². The van der Waals surface area contributed by atoms with E-state index in [1.54, 1.807) is 6.92 Å². The number of nitrogens with one attached hydrogen (secondary N) is 1. The number of rotatable bonds is 2. The number of nitrogens with zero attached hydrogens (tertiary/aromatic N) is 2. The van der Waals surface area contributed by atoms with E-state index in [1.807, 2.05) is 0 Å². The highest BCUT2D eigenvalue weighted by Crippen LogP contribution is 2.26. The van der Waals surface area contributed by atoms with Crippen molar-refractivity contribution in [3.63, 3.8) is 0 Å². The third-order valence-corrected chi connectivity index (χ3v) is 2.24. The van der Waals surface area contributed by atoms with Gasteiger partial charge in [0.25, 0.3) is 0 Å². The number of nitrogen functional groups attached to an aromatic ring is 1. The maximum atomic E-state index is 13.4. The third-order valence-electron chi connectivity index (χ3n) is 2.24. The molecule has 0 spiro atoms. The van der Waals surface area contributed by atoms with Crippen LogP contribution in [0.3, 0.4) is 0 Å². The lowest BCUT2D eigenvalue weighted by Gasteiger charge is -2.10. The summed E-state index contributed by atoms with van der Waals surface area (Å²) in [6, 6.07) is 1.44. The maximum Gasteiger partial charge on any atom is 0.222 e. The molecule has 4 nitrogen and oxygen atoms in total. The molecule has 0 unspecified atom stereocenters. The number of halogens is 4. The lowest BCUT2D eigenvalue weighted by molar-refractivity contribution is 0.459. The molecule has 0 atom stereocenters. The topological polar surface area (TPSA) is 63.8 Å². The normalized spacial score (nSPS) is 10.6. The molecule has 0 aliphatic heterocycles. The molecule has 1 aromatic carbocycles. The van der Waals surface area contributed by atoms with Crippen LogP contribution < -0.4 is 11.1 Å². The van der Waals surface area contributed by atoms with Gasteiger partial charge in [-0.3, -0.25) is 0 Å². The molecular formula is C11H8F4N4. The zero-order valence-corrected chi connectivity index (χ0v) is 9.64. The summed E-state index contributed by atoms with van der Waals surface area (Å²) in [6.07, 6.45) is 0. The van der Waals surface area contributed by atoms with Crippen molar-refractivity contribution in [1.29, 1.82) is 0 Å². The summed E-state index contributed by atoms with van der Waals surface area (Å²) in [5.41, 5.74) is 4.80. The van der Waals surface area contributed by atoms with Crippen LogP contribution in [0.25, 0.3) is 0 Å². The van der Waals surface area contributed by atoms with Crippen LogP contribution in [-0.2, 0) is 0 Å². The summed E-state index contributed by atoms with van der Waals surface area (Å²) in [7, 11) is 0. The Morgan fingerprint density at radius 1 is 1.00 bits per heavy atom. The fourth-order valence-corrected chi connectivity index (χ4v) is 1.47. The van der Waals surface area contributed by atoms with Crippen LogP contribution in [0.15, 0.2) is 12.1 Å². The second kappa shape index (κ2) is 4.71. The van der Waals surface area contributed by atoms with Gasteiger partial charge in [-0.2, -0.15) is 4.98 Å². The van der Waals surface area contributed by atoms with Crippen molar-refractivity contribution in [3.8, 4) is 0 Å². The van der Waals surface area contributed by atoms with Crippen molar-refractivity contribution in [1.82, 2.24) is 9.97 Å². The number of benzene rings is 1. The lowest BCUT2D eigenvalue weighted by atomic mass is 10.2. The molecule has 100 valence electrons. The number of hydrogen-bond acceptors (Lipinski definition) is 4. The molecule has 0 aliphatic rings. The summed E-state index contributed by atoms with van der Waals surface area (Å²) < 4.78 is 52.8. The van der Waals surface area contributed by atoms with Crippen LogP contribution in [0.1, 0.15) is 5.69 Å². The highest BCUT2D eigenvalue weighted by atomic mass is 19.2. The molecule has 0 radical (unpaired) electrons. The summed E-state index contributed by atoms with van der Waals surface area (Å²) in [4.78, 5) is 7.40. The fourth-order valence-electron chi connectivity index (χ4n) is 1.47. The predicted molar refractivity (Wildman–Crippen MR) is 60.7 cm³/mol. The van der Waals surface area contributed by atoms with E-state index in [9.17, 15) is 17.6 Å². The van der Waals surface area contributed by atoms with E-state index in [0.29, 0.717) is 5.69 Å². The van der Waals surface area contributed by atoms with Gasteiger partial charge in [-0.05, 0) is 6.92 Å². The number of anilines is 3.